The fraction of sp³-hybridized carbons (Fsp3) is 0.364. The van der Waals surface area contributed by atoms with Gasteiger partial charge in [0.05, 0.1) is 17.7 Å². The van der Waals surface area contributed by atoms with Crippen LogP contribution in [0.2, 0.25) is 0 Å². The first kappa shape index (κ1) is 21.2. The van der Waals surface area contributed by atoms with Crippen LogP contribution in [0.5, 0.6) is 0 Å². The molecule has 1 fully saturated rings. The number of hydrogen-bond acceptors (Lipinski definition) is 6. The molecule has 0 saturated heterocycles. The Morgan fingerprint density at radius 1 is 1.29 bits per heavy atom. The minimum atomic E-state index is -0.694. The molecular formula is C22H22FN3O4S. The number of esters is 1. The summed E-state index contributed by atoms with van der Waals surface area (Å²) in [4.78, 5) is 38.6. The second kappa shape index (κ2) is 8.97. The van der Waals surface area contributed by atoms with Gasteiger partial charge in [-0.25, -0.2) is 9.18 Å². The van der Waals surface area contributed by atoms with Gasteiger partial charge in [0.15, 0.2) is 5.69 Å². The van der Waals surface area contributed by atoms with Crippen molar-refractivity contribution in [2.45, 2.75) is 39.0 Å². The maximum absolute atomic E-state index is 13.8. The van der Waals surface area contributed by atoms with E-state index in [1.807, 2.05) is 0 Å². The third-order valence-electron chi connectivity index (χ3n) is 5.39. The van der Waals surface area contributed by atoms with Crippen LogP contribution in [0.25, 0.3) is 16.5 Å². The number of aromatic nitrogens is 2. The maximum atomic E-state index is 13.8. The van der Waals surface area contributed by atoms with Gasteiger partial charge in [0.1, 0.15) is 10.8 Å². The van der Waals surface area contributed by atoms with Crippen LogP contribution in [-0.2, 0) is 9.53 Å². The highest BCUT2D eigenvalue weighted by atomic mass is 32.1. The van der Waals surface area contributed by atoms with Gasteiger partial charge in [-0.3, -0.25) is 9.59 Å². The lowest BCUT2D eigenvalue weighted by Gasteiger charge is -2.20. The first-order valence-electron chi connectivity index (χ1n) is 10.3. The summed E-state index contributed by atoms with van der Waals surface area (Å²) in [5.41, 5.74) is -0.433. The highest BCUT2D eigenvalue weighted by Crippen LogP contribution is 2.32. The van der Waals surface area contributed by atoms with Crippen LogP contribution < -0.4 is 10.9 Å². The molecule has 1 aromatic carbocycles. The van der Waals surface area contributed by atoms with Crippen molar-refractivity contribution in [2.75, 3.05) is 11.9 Å². The standard InChI is InChI=1S/C22H22FN3O4S/c1-2-30-22(29)18-16-12-31-20(24-19(27)13-7-4-3-5-8-13)17(16)21(28)26(25-18)15-10-6-9-14(23)11-15/h6,9-13H,2-5,7-8H2,1H3,(H,24,27). The van der Waals surface area contributed by atoms with Crippen molar-refractivity contribution in [3.8, 4) is 5.69 Å². The second-order valence-corrected chi connectivity index (χ2v) is 8.32. The van der Waals surface area contributed by atoms with E-state index >= 15 is 0 Å². The van der Waals surface area contributed by atoms with Crippen LogP contribution in [0.1, 0.15) is 49.5 Å². The van der Waals surface area contributed by atoms with Crippen LogP contribution in [0.4, 0.5) is 9.39 Å². The summed E-state index contributed by atoms with van der Waals surface area (Å²) in [5, 5.41) is 9.48. The van der Waals surface area contributed by atoms with Crippen LogP contribution >= 0.6 is 11.3 Å². The molecule has 4 rings (SSSR count). The number of thiophene rings is 1. The topological polar surface area (TPSA) is 90.3 Å². The van der Waals surface area contributed by atoms with Gasteiger partial charge in [0, 0.05) is 16.7 Å². The number of anilines is 1. The number of hydrogen-bond donors (Lipinski definition) is 1. The monoisotopic (exact) mass is 443 g/mol. The van der Waals surface area contributed by atoms with Gasteiger partial charge >= 0.3 is 5.97 Å². The Kier molecular flexibility index (Phi) is 6.13. The minimum Gasteiger partial charge on any atom is -0.461 e. The number of carbonyl (C=O) groups excluding carboxylic acids is 2. The number of fused-ring (bicyclic) bond motifs is 1. The number of rotatable bonds is 5. The van der Waals surface area contributed by atoms with Crippen molar-refractivity contribution >= 4 is 39.0 Å². The van der Waals surface area contributed by atoms with Gasteiger partial charge in [-0.1, -0.05) is 25.3 Å². The predicted octanol–water partition coefficient (Wildman–Crippen LogP) is 4.28. The highest BCUT2D eigenvalue weighted by Gasteiger charge is 2.26. The zero-order chi connectivity index (χ0) is 22.0. The van der Waals surface area contributed by atoms with Gasteiger partial charge < -0.3 is 10.1 Å². The molecule has 1 aliphatic carbocycles. The van der Waals surface area contributed by atoms with Gasteiger partial charge in [0.2, 0.25) is 5.91 Å². The lowest BCUT2D eigenvalue weighted by Crippen LogP contribution is -2.27. The fourth-order valence-electron chi connectivity index (χ4n) is 3.85. The lowest BCUT2D eigenvalue weighted by molar-refractivity contribution is -0.120. The number of ether oxygens (including phenoxy) is 1. The van der Waals surface area contributed by atoms with Crippen molar-refractivity contribution in [3.05, 3.63) is 51.5 Å². The fourth-order valence-corrected chi connectivity index (χ4v) is 4.79. The number of benzene rings is 1. The second-order valence-electron chi connectivity index (χ2n) is 7.44. The van der Waals surface area contributed by atoms with E-state index in [1.54, 1.807) is 12.3 Å². The number of nitrogens with zero attached hydrogens (tertiary/aromatic N) is 2. The van der Waals surface area contributed by atoms with Crippen molar-refractivity contribution in [2.24, 2.45) is 5.92 Å². The van der Waals surface area contributed by atoms with E-state index in [9.17, 15) is 18.8 Å². The average Bonchev–Trinajstić information content (AvgIpc) is 3.19. The van der Waals surface area contributed by atoms with E-state index in [0.29, 0.717) is 10.4 Å². The highest BCUT2D eigenvalue weighted by molar-refractivity contribution is 7.16. The quantitative estimate of drug-likeness (QED) is 0.595. The Morgan fingerprint density at radius 2 is 2.06 bits per heavy atom. The Labute approximate surface area is 181 Å². The first-order valence-corrected chi connectivity index (χ1v) is 11.2. The summed E-state index contributed by atoms with van der Waals surface area (Å²) in [6.07, 6.45) is 4.77. The Morgan fingerprint density at radius 3 is 2.77 bits per heavy atom. The van der Waals surface area contributed by atoms with Gasteiger partial charge in [0.25, 0.3) is 5.56 Å². The Hall–Kier alpha value is -3.07. The molecule has 0 atom stereocenters. The predicted molar refractivity (Wildman–Crippen MR) is 116 cm³/mol. The summed E-state index contributed by atoms with van der Waals surface area (Å²) < 4.78 is 19.9. The minimum absolute atomic E-state index is 0.0601. The number of amides is 1. The molecule has 1 saturated carbocycles. The molecule has 3 aromatic rings. The van der Waals surface area contributed by atoms with Gasteiger partial charge in [-0.2, -0.15) is 9.78 Å². The zero-order valence-electron chi connectivity index (χ0n) is 17.0. The van der Waals surface area contributed by atoms with Crippen molar-refractivity contribution < 1.29 is 18.7 Å². The maximum Gasteiger partial charge on any atom is 0.359 e. The van der Waals surface area contributed by atoms with E-state index in [0.717, 1.165) is 54.2 Å². The average molecular weight is 444 g/mol. The Balaban J connectivity index is 1.84. The molecule has 31 heavy (non-hydrogen) atoms. The molecule has 2 heterocycles. The van der Waals surface area contributed by atoms with Crippen LogP contribution in [0.15, 0.2) is 34.4 Å². The van der Waals surface area contributed by atoms with Gasteiger partial charge in [-0.05, 0) is 38.0 Å². The Bertz CT molecular complexity index is 1200. The number of nitrogens with one attached hydrogen (secondary N) is 1. The van der Waals surface area contributed by atoms with Crippen molar-refractivity contribution in [1.29, 1.82) is 0 Å². The largest absolute Gasteiger partial charge is 0.461 e. The molecule has 7 nitrogen and oxygen atoms in total. The van der Waals surface area contributed by atoms with Crippen LogP contribution in [0.3, 0.4) is 0 Å². The van der Waals surface area contributed by atoms with E-state index < -0.39 is 17.3 Å². The SMILES string of the molecule is CCOC(=O)c1nn(-c2cccc(F)c2)c(=O)c2c(NC(=O)C3CCCCC3)scc12. The normalized spacial score (nSPS) is 14.5. The van der Waals surface area contributed by atoms with E-state index in [2.05, 4.69) is 10.4 Å². The lowest BCUT2D eigenvalue weighted by atomic mass is 9.89. The molecule has 1 aliphatic rings. The molecule has 0 unspecified atom stereocenters. The third-order valence-corrected chi connectivity index (χ3v) is 6.28. The van der Waals surface area contributed by atoms with E-state index in [1.165, 1.54) is 18.2 Å². The van der Waals surface area contributed by atoms with Crippen LogP contribution in [0, 0.1) is 11.7 Å². The van der Waals surface area contributed by atoms with Crippen molar-refractivity contribution in [3.63, 3.8) is 0 Å². The van der Waals surface area contributed by atoms with Crippen molar-refractivity contribution in [1.82, 2.24) is 9.78 Å². The molecule has 2 aromatic heterocycles. The molecular weight excluding hydrogens is 421 g/mol. The van der Waals surface area contributed by atoms with E-state index in [-0.39, 0.29) is 35.2 Å². The molecule has 9 heteroatoms. The summed E-state index contributed by atoms with van der Waals surface area (Å²) in [5.74, 6) is -1.46. The molecule has 0 aliphatic heterocycles. The molecule has 1 N–H and O–H groups in total. The molecule has 162 valence electrons. The molecule has 1 amide bonds. The molecule has 0 bridgehead atoms. The molecule has 0 radical (unpaired) electrons. The summed E-state index contributed by atoms with van der Waals surface area (Å²) >= 11 is 1.16. The van der Waals surface area contributed by atoms with Crippen LogP contribution in [-0.4, -0.2) is 28.3 Å². The number of carbonyl (C=O) groups is 2. The summed E-state index contributed by atoms with van der Waals surface area (Å²) in [7, 11) is 0. The summed E-state index contributed by atoms with van der Waals surface area (Å²) in [6, 6.07) is 5.37. The smallest absolute Gasteiger partial charge is 0.359 e. The van der Waals surface area contributed by atoms with E-state index in [4.69, 9.17) is 4.74 Å². The summed E-state index contributed by atoms with van der Waals surface area (Å²) in [6.45, 7) is 1.80. The van der Waals surface area contributed by atoms with Gasteiger partial charge in [-0.15, -0.1) is 11.3 Å². The number of halogens is 1. The zero-order valence-corrected chi connectivity index (χ0v) is 17.8. The first-order chi connectivity index (χ1) is 15.0. The molecule has 0 spiro atoms. The third kappa shape index (κ3) is 4.23.